The molecule has 1 aliphatic rings. The van der Waals surface area contributed by atoms with E-state index >= 15 is 0 Å². The Bertz CT molecular complexity index is 869. The average Bonchev–Trinajstić information content (AvgIpc) is 2.77. The lowest BCUT2D eigenvalue weighted by Crippen LogP contribution is -2.46. The van der Waals surface area contributed by atoms with Gasteiger partial charge in [-0.1, -0.05) is 30.3 Å². The van der Waals surface area contributed by atoms with Crippen LogP contribution < -0.4 is 14.8 Å². The van der Waals surface area contributed by atoms with Crippen LogP contribution in [-0.4, -0.2) is 51.3 Å². The molecule has 1 heterocycles. The molecule has 7 nitrogen and oxygen atoms in total. The summed E-state index contributed by atoms with van der Waals surface area (Å²) in [4.78, 5) is 26.1. The Kier molecular flexibility index (Phi) is 6.59. The van der Waals surface area contributed by atoms with Gasteiger partial charge in [0.2, 0.25) is 0 Å². The van der Waals surface area contributed by atoms with Crippen LogP contribution in [0.1, 0.15) is 29.2 Å². The monoisotopic (exact) mass is 398 g/mol. The zero-order valence-electron chi connectivity index (χ0n) is 16.9. The maximum atomic E-state index is 12.9. The van der Waals surface area contributed by atoms with E-state index in [-0.39, 0.29) is 31.0 Å². The van der Waals surface area contributed by atoms with Gasteiger partial charge >= 0.3 is 12.0 Å². The second kappa shape index (κ2) is 9.32. The van der Waals surface area contributed by atoms with Crippen LogP contribution >= 0.6 is 0 Å². The van der Waals surface area contributed by atoms with E-state index in [0.717, 1.165) is 16.7 Å². The molecule has 0 spiro atoms. The molecule has 0 saturated heterocycles. The van der Waals surface area contributed by atoms with E-state index in [9.17, 15) is 9.59 Å². The Morgan fingerprint density at radius 1 is 1.07 bits per heavy atom. The number of hydrogen-bond acceptors (Lipinski definition) is 5. The molecule has 0 aliphatic carbocycles. The number of nitrogens with one attached hydrogen (secondary N) is 1. The number of amides is 2. The first kappa shape index (κ1) is 20.5. The molecular weight excluding hydrogens is 372 g/mol. The highest BCUT2D eigenvalue weighted by Gasteiger charge is 2.33. The van der Waals surface area contributed by atoms with Gasteiger partial charge in [0, 0.05) is 13.1 Å². The van der Waals surface area contributed by atoms with E-state index < -0.39 is 0 Å². The Morgan fingerprint density at radius 3 is 2.41 bits per heavy atom. The predicted octanol–water partition coefficient (Wildman–Crippen LogP) is 2.92. The lowest BCUT2D eigenvalue weighted by Gasteiger charge is -2.38. The van der Waals surface area contributed by atoms with E-state index in [2.05, 4.69) is 10.1 Å². The minimum Gasteiger partial charge on any atom is -0.493 e. The minimum absolute atomic E-state index is 0.133. The standard InChI is InChI=1S/C22H26N2O5/c1-27-18-13-16-10-12-24(22(26)23-11-9-20(25)29-3)21(15-7-5-4-6-8-15)17(16)14-19(18)28-2/h4-8,13-14,21H,9-12H2,1-3H3,(H,23,26)/t21-/m0/s1. The third-order valence-electron chi connectivity index (χ3n) is 5.08. The number of hydrogen-bond donors (Lipinski definition) is 1. The van der Waals surface area contributed by atoms with E-state index in [1.807, 2.05) is 42.5 Å². The topological polar surface area (TPSA) is 77.1 Å². The molecular formula is C22H26N2O5. The molecule has 0 fully saturated rings. The van der Waals surface area contributed by atoms with Gasteiger partial charge in [-0.2, -0.15) is 0 Å². The molecule has 1 aliphatic heterocycles. The third-order valence-corrected chi connectivity index (χ3v) is 5.08. The van der Waals surface area contributed by atoms with Gasteiger partial charge in [-0.3, -0.25) is 4.79 Å². The van der Waals surface area contributed by atoms with Crippen molar-refractivity contribution < 1.29 is 23.8 Å². The number of carbonyl (C=O) groups is 2. The molecule has 0 unspecified atom stereocenters. The van der Waals surface area contributed by atoms with E-state index in [4.69, 9.17) is 9.47 Å². The first-order chi connectivity index (χ1) is 14.1. The van der Waals surface area contributed by atoms with Gasteiger partial charge in [0.15, 0.2) is 11.5 Å². The SMILES string of the molecule is COC(=O)CCNC(=O)N1CCc2cc(OC)c(OC)cc2[C@@H]1c1ccccc1. The number of benzene rings is 2. The molecule has 0 bridgehead atoms. The molecule has 2 aromatic carbocycles. The molecule has 3 rings (SSSR count). The smallest absolute Gasteiger partial charge is 0.318 e. The summed E-state index contributed by atoms with van der Waals surface area (Å²) in [7, 11) is 4.55. The summed E-state index contributed by atoms with van der Waals surface area (Å²) >= 11 is 0. The number of carbonyl (C=O) groups excluding carboxylic acids is 2. The van der Waals surface area contributed by atoms with Gasteiger partial charge in [0.05, 0.1) is 33.8 Å². The molecule has 1 atom stereocenters. The fourth-order valence-corrected chi connectivity index (χ4v) is 3.63. The van der Waals surface area contributed by atoms with Gasteiger partial charge in [0.25, 0.3) is 0 Å². The van der Waals surface area contributed by atoms with Crippen molar-refractivity contribution >= 4 is 12.0 Å². The van der Waals surface area contributed by atoms with E-state index in [1.165, 1.54) is 7.11 Å². The lowest BCUT2D eigenvalue weighted by molar-refractivity contribution is -0.140. The van der Waals surface area contributed by atoms with Crippen LogP contribution in [0.5, 0.6) is 11.5 Å². The quantitative estimate of drug-likeness (QED) is 0.757. The molecule has 7 heteroatoms. The van der Waals surface area contributed by atoms with Crippen molar-refractivity contribution in [1.29, 1.82) is 0 Å². The molecule has 0 aromatic heterocycles. The van der Waals surface area contributed by atoms with Gasteiger partial charge in [-0.25, -0.2) is 4.79 Å². The molecule has 29 heavy (non-hydrogen) atoms. The van der Waals surface area contributed by atoms with Crippen molar-refractivity contribution in [3.05, 3.63) is 59.2 Å². The molecule has 1 N–H and O–H groups in total. The Morgan fingerprint density at radius 2 is 1.76 bits per heavy atom. The maximum Gasteiger partial charge on any atom is 0.318 e. The fraction of sp³-hybridized carbons (Fsp3) is 0.364. The lowest BCUT2D eigenvalue weighted by atomic mass is 9.88. The zero-order valence-corrected chi connectivity index (χ0v) is 16.9. The van der Waals surface area contributed by atoms with Crippen molar-refractivity contribution in [2.24, 2.45) is 0 Å². The summed E-state index contributed by atoms with van der Waals surface area (Å²) in [5.41, 5.74) is 3.13. The van der Waals surface area contributed by atoms with Gasteiger partial charge in [-0.05, 0) is 35.2 Å². The number of fused-ring (bicyclic) bond motifs is 1. The molecule has 0 radical (unpaired) electrons. The van der Waals surface area contributed by atoms with Gasteiger partial charge < -0.3 is 24.4 Å². The molecule has 2 amide bonds. The second-order valence-corrected chi connectivity index (χ2v) is 6.72. The summed E-state index contributed by atoms with van der Waals surface area (Å²) in [6, 6.07) is 13.3. The highest BCUT2D eigenvalue weighted by atomic mass is 16.5. The van der Waals surface area contributed by atoms with Crippen molar-refractivity contribution in [3.8, 4) is 11.5 Å². The average molecular weight is 398 g/mol. The van der Waals surface area contributed by atoms with Crippen LogP contribution in [-0.2, 0) is 16.0 Å². The molecule has 2 aromatic rings. The van der Waals surface area contributed by atoms with Crippen LogP contribution in [0.3, 0.4) is 0 Å². The normalized spacial score (nSPS) is 15.3. The fourth-order valence-electron chi connectivity index (χ4n) is 3.63. The van der Waals surface area contributed by atoms with Crippen molar-refractivity contribution in [1.82, 2.24) is 10.2 Å². The van der Waals surface area contributed by atoms with Crippen molar-refractivity contribution in [3.63, 3.8) is 0 Å². The largest absolute Gasteiger partial charge is 0.493 e. The van der Waals surface area contributed by atoms with Crippen LogP contribution in [0.2, 0.25) is 0 Å². The predicted molar refractivity (Wildman–Crippen MR) is 108 cm³/mol. The first-order valence-electron chi connectivity index (χ1n) is 9.50. The van der Waals surface area contributed by atoms with Crippen LogP contribution in [0.25, 0.3) is 0 Å². The number of urea groups is 1. The van der Waals surface area contributed by atoms with E-state index in [0.29, 0.717) is 24.5 Å². The van der Waals surface area contributed by atoms with Gasteiger partial charge in [-0.15, -0.1) is 0 Å². The summed E-state index contributed by atoms with van der Waals surface area (Å²) in [6.07, 6.45) is 0.830. The number of esters is 1. The summed E-state index contributed by atoms with van der Waals surface area (Å²) in [5, 5.41) is 2.83. The maximum absolute atomic E-state index is 12.9. The van der Waals surface area contributed by atoms with Crippen LogP contribution in [0.4, 0.5) is 4.79 Å². The summed E-state index contributed by atoms with van der Waals surface area (Å²) in [6.45, 7) is 0.772. The first-order valence-corrected chi connectivity index (χ1v) is 9.50. The van der Waals surface area contributed by atoms with Crippen LogP contribution in [0.15, 0.2) is 42.5 Å². The number of rotatable bonds is 6. The molecule has 0 saturated carbocycles. The Balaban J connectivity index is 1.94. The second-order valence-electron chi connectivity index (χ2n) is 6.72. The van der Waals surface area contributed by atoms with Crippen molar-refractivity contribution in [2.45, 2.75) is 18.9 Å². The number of nitrogens with zero attached hydrogens (tertiary/aromatic N) is 1. The highest BCUT2D eigenvalue weighted by molar-refractivity contribution is 5.77. The minimum atomic E-state index is -0.356. The Labute approximate surface area is 170 Å². The molecule has 154 valence electrons. The summed E-state index contributed by atoms with van der Waals surface area (Å²) in [5.74, 6) is 0.944. The summed E-state index contributed by atoms with van der Waals surface area (Å²) < 4.78 is 15.6. The van der Waals surface area contributed by atoms with Crippen LogP contribution in [0, 0.1) is 0 Å². The number of methoxy groups -OCH3 is 3. The van der Waals surface area contributed by atoms with Crippen molar-refractivity contribution in [2.75, 3.05) is 34.4 Å². The van der Waals surface area contributed by atoms with Gasteiger partial charge in [0.1, 0.15) is 0 Å². The third kappa shape index (κ3) is 4.45. The zero-order chi connectivity index (χ0) is 20.8. The number of ether oxygens (including phenoxy) is 3. The Hall–Kier alpha value is -3.22. The highest BCUT2D eigenvalue weighted by Crippen LogP contribution is 2.40. The van der Waals surface area contributed by atoms with E-state index in [1.54, 1.807) is 19.1 Å².